The highest BCUT2D eigenvalue weighted by atomic mass is 79.9. The third-order valence-corrected chi connectivity index (χ3v) is 2.39. The number of aryl methyl sites for hydroxylation is 2. The number of pyridine rings is 2. The summed E-state index contributed by atoms with van der Waals surface area (Å²) in [5, 5.41) is 0. The lowest BCUT2D eigenvalue weighted by atomic mass is 10.2. The first kappa shape index (κ1) is 19.6. The minimum atomic E-state index is 0. The Morgan fingerprint density at radius 2 is 0.944 bits per heavy atom. The monoisotopic (exact) mass is 374 g/mol. The predicted octanol–water partition coefficient (Wildman–Crippen LogP) is -3.87. The van der Waals surface area contributed by atoms with Crippen LogP contribution in [0.5, 0.6) is 0 Å². The fourth-order valence-electron chi connectivity index (χ4n) is 1.31. The van der Waals surface area contributed by atoms with Crippen molar-refractivity contribution < 1.29 is 43.9 Å². The van der Waals surface area contributed by atoms with E-state index in [1.807, 2.05) is 24.8 Å². The van der Waals surface area contributed by atoms with E-state index in [1.165, 1.54) is 11.1 Å². The van der Waals surface area contributed by atoms with E-state index in [0.29, 0.717) is 0 Å². The maximum absolute atomic E-state index is 2.97. The second-order valence-electron chi connectivity index (χ2n) is 3.52. The van der Waals surface area contributed by atoms with Crippen molar-refractivity contribution in [2.24, 2.45) is 0 Å². The van der Waals surface area contributed by atoms with Gasteiger partial charge in [0, 0.05) is 24.3 Å². The van der Waals surface area contributed by atoms with Crippen LogP contribution < -0.4 is 43.9 Å². The van der Waals surface area contributed by atoms with Crippen LogP contribution in [-0.4, -0.2) is 0 Å². The Morgan fingerprint density at radius 3 is 1.11 bits per heavy atom. The van der Waals surface area contributed by atoms with Crippen LogP contribution in [0.1, 0.15) is 25.0 Å². The molecule has 2 nitrogen and oxygen atoms in total. The van der Waals surface area contributed by atoms with Crippen LogP contribution in [0.2, 0.25) is 0 Å². The molecule has 18 heavy (non-hydrogen) atoms. The summed E-state index contributed by atoms with van der Waals surface area (Å²) in [6.45, 7) is 4.30. The van der Waals surface area contributed by atoms with E-state index in [0.717, 1.165) is 12.8 Å². The molecule has 0 bridgehead atoms. The number of hydrogen-bond acceptors (Lipinski definition) is 0. The van der Waals surface area contributed by atoms with Gasteiger partial charge in [-0.1, -0.05) is 13.8 Å². The highest BCUT2D eigenvalue weighted by Gasteiger charge is 1.85. The zero-order chi connectivity index (χ0) is 11.6. The first-order chi connectivity index (χ1) is 7.86. The number of nitrogens with one attached hydrogen (secondary N) is 2. The van der Waals surface area contributed by atoms with Gasteiger partial charge in [0.2, 0.25) is 0 Å². The van der Waals surface area contributed by atoms with Crippen LogP contribution in [0.15, 0.2) is 49.1 Å². The Hall–Kier alpha value is -0.740. The lowest BCUT2D eigenvalue weighted by molar-refractivity contribution is -0.378. The summed E-state index contributed by atoms with van der Waals surface area (Å²) in [4.78, 5) is 5.93. The minimum Gasteiger partial charge on any atom is -1.00 e. The quantitative estimate of drug-likeness (QED) is 0.514. The van der Waals surface area contributed by atoms with Gasteiger partial charge in [0.25, 0.3) is 0 Å². The Kier molecular flexibility index (Phi) is 13.8. The molecule has 0 saturated heterocycles. The molecule has 100 valence electrons. The molecule has 2 aromatic rings. The lowest BCUT2D eigenvalue weighted by Crippen LogP contribution is -3.00. The molecule has 0 atom stereocenters. The molecule has 0 fully saturated rings. The fraction of sp³-hybridized carbons (Fsp3) is 0.286. The van der Waals surface area contributed by atoms with Gasteiger partial charge in [-0.3, -0.25) is 0 Å². The predicted molar refractivity (Wildman–Crippen MR) is 64.8 cm³/mol. The van der Waals surface area contributed by atoms with E-state index in [2.05, 4.69) is 48.1 Å². The Labute approximate surface area is 130 Å². The van der Waals surface area contributed by atoms with Gasteiger partial charge in [0.15, 0.2) is 24.8 Å². The normalized spacial score (nSPS) is 8.11. The number of aromatic nitrogens is 2. The Balaban J connectivity index is 0. The number of H-pyrrole nitrogens is 2. The van der Waals surface area contributed by atoms with Crippen molar-refractivity contribution in [1.82, 2.24) is 0 Å². The van der Waals surface area contributed by atoms with Crippen LogP contribution in [0, 0.1) is 0 Å². The summed E-state index contributed by atoms with van der Waals surface area (Å²) < 4.78 is 0. The Morgan fingerprint density at radius 1 is 0.667 bits per heavy atom. The highest BCUT2D eigenvalue weighted by molar-refractivity contribution is 5.06. The van der Waals surface area contributed by atoms with E-state index >= 15 is 0 Å². The highest BCUT2D eigenvalue weighted by Crippen LogP contribution is 1.93. The molecule has 0 aliphatic heterocycles. The molecule has 0 spiro atoms. The van der Waals surface area contributed by atoms with Gasteiger partial charge in [0.1, 0.15) is 0 Å². The van der Waals surface area contributed by atoms with Crippen LogP contribution in [0.3, 0.4) is 0 Å². The molecule has 0 amide bonds. The lowest BCUT2D eigenvalue weighted by Gasteiger charge is -1.85. The smallest absolute Gasteiger partial charge is 0.167 e. The van der Waals surface area contributed by atoms with Crippen molar-refractivity contribution in [3.63, 3.8) is 0 Å². The summed E-state index contributed by atoms with van der Waals surface area (Å²) in [5.74, 6) is 0. The average molecular weight is 376 g/mol. The molecular weight excluding hydrogens is 356 g/mol. The maximum Gasteiger partial charge on any atom is 0.167 e. The number of hydrogen-bond donors (Lipinski definition) is 0. The molecule has 2 rings (SSSR count). The molecule has 0 unspecified atom stereocenters. The molecule has 0 aliphatic carbocycles. The summed E-state index contributed by atoms with van der Waals surface area (Å²) in [5.41, 5.74) is 2.76. The Bertz CT molecular complexity index is 340. The van der Waals surface area contributed by atoms with Gasteiger partial charge < -0.3 is 34.0 Å². The van der Waals surface area contributed by atoms with Gasteiger partial charge in [-0.05, 0) is 24.0 Å². The van der Waals surface area contributed by atoms with Gasteiger partial charge in [-0.25, -0.2) is 9.97 Å². The van der Waals surface area contributed by atoms with Crippen molar-refractivity contribution in [3.8, 4) is 0 Å². The third kappa shape index (κ3) is 8.37. The molecule has 2 heterocycles. The second-order valence-corrected chi connectivity index (χ2v) is 3.52. The van der Waals surface area contributed by atoms with Crippen molar-refractivity contribution in [2.75, 3.05) is 0 Å². The average Bonchev–Trinajstić information content (AvgIpc) is 2.41. The van der Waals surface area contributed by atoms with E-state index in [1.54, 1.807) is 0 Å². The maximum atomic E-state index is 2.97. The number of rotatable bonds is 2. The van der Waals surface area contributed by atoms with Gasteiger partial charge in [-0.15, -0.1) is 0 Å². The van der Waals surface area contributed by atoms with Crippen molar-refractivity contribution in [1.29, 1.82) is 0 Å². The van der Waals surface area contributed by atoms with Crippen LogP contribution >= 0.6 is 0 Å². The zero-order valence-electron chi connectivity index (χ0n) is 10.8. The van der Waals surface area contributed by atoms with E-state index in [4.69, 9.17) is 0 Å². The standard InChI is InChI=1S/2C7H9N.2BrH/c2*1-2-7-3-5-8-6-4-7;;/h2*3-6H,2H2,1H3;2*1H. The summed E-state index contributed by atoms with van der Waals surface area (Å²) in [6, 6.07) is 8.33. The molecule has 0 aromatic carbocycles. The zero-order valence-corrected chi connectivity index (χ0v) is 14.0. The molecule has 0 saturated carbocycles. The molecule has 0 radical (unpaired) electrons. The molecule has 4 heteroatoms. The second kappa shape index (κ2) is 12.7. The van der Waals surface area contributed by atoms with Crippen molar-refractivity contribution >= 4 is 0 Å². The molecule has 0 aliphatic rings. The first-order valence-electron chi connectivity index (χ1n) is 5.76. The molecule has 2 aromatic heterocycles. The van der Waals surface area contributed by atoms with Crippen LogP contribution in [-0.2, 0) is 12.8 Å². The van der Waals surface area contributed by atoms with Gasteiger partial charge in [0.05, 0.1) is 0 Å². The number of halogens is 2. The topological polar surface area (TPSA) is 28.3 Å². The number of aromatic amines is 2. The van der Waals surface area contributed by atoms with E-state index in [-0.39, 0.29) is 34.0 Å². The van der Waals surface area contributed by atoms with Crippen LogP contribution in [0.4, 0.5) is 0 Å². The molecular formula is C14H20Br2N2. The fourth-order valence-corrected chi connectivity index (χ4v) is 1.31. The molecule has 2 N–H and O–H groups in total. The summed E-state index contributed by atoms with van der Waals surface area (Å²) in [6.07, 6.45) is 10.0. The minimum absolute atomic E-state index is 0. The van der Waals surface area contributed by atoms with E-state index < -0.39 is 0 Å². The first-order valence-corrected chi connectivity index (χ1v) is 5.76. The van der Waals surface area contributed by atoms with E-state index in [9.17, 15) is 0 Å². The van der Waals surface area contributed by atoms with Crippen molar-refractivity contribution in [3.05, 3.63) is 60.2 Å². The van der Waals surface area contributed by atoms with Crippen LogP contribution in [0.25, 0.3) is 0 Å². The summed E-state index contributed by atoms with van der Waals surface area (Å²) in [7, 11) is 0. The third-order valence-electron chi connectivity index (χ3n) is 2.39. The van der Waals surface area contributed by atoms with Gasteiger partial charge >= 0.3 is 0 Å². The summed E-state index contributed by atoms with van der Waals surface area (Å²) >= 11 is 0. The van der Waals surface area contributed by atoms with Crippen molar-refractivity contribution in [2.45, 2.75) is 26.7 Å². The van der Waals surface area contributed by atoms with Gasteiger partial charge in [-0.2, -0.15) is 0 Å². The SMILES string of the molecule is CCc1cc[nH+]cc1.CCc1cc[nH+]cc1.[Br-].[Br-]. The largest absolute Gasteiger partial charge is 1.00 e.